The predicted molar refractivity (Wildman–Crippen MR) is 62.5 cm³/mol. The van der Waals surface area contributed by atoms with Gasteiger partial charge in [0, 0.05) is 24.4 Å². The third kappa shape index (κ3) is 2.72. The number of carboxylic acids is 1. The fourth-order valence-electron chi connectivity index (χ4n) is 2.22. The van der Waals surface area contributed by atoms with Crippen LogP contribution in [0.1, 0.15) is 17.9 Å². The van der Waals surface area contributed by atoms with Crippen molar-refractivity contribution in [2.45, 2.75) is 12.3 Å². The summed E-state index contributed by atoms with van der Waals surface area (Å²) >= 11 is 0. The first kappa shape index (κ1) is 13.5. The van der Waals surface area contributed by atoms with Crippen molar-refractivity contribution in [3.8, 4) is 0 Å². The van der Waals surface area contributed by atoms with Gasteiger partial charge in [-0.1, -0.05) is 6.07 Å². The van der Waals surface area contributed by atoms with Crippen molar-refractivity contribution in [3.05, 3.63) is 35.4 Å². The summed E-state index contributed by atoms with van der Waals surface area (Å²) in [7, 11) is 1.36. The van der Waals surface area contributed by atoms with E-state index in [4.69, 9.17) is 5.11 Å². The Morgan fingerprint density at radius 1 is 1.37 bits per heavy atom. The van der Waals surface area contributed by atoms with Gasteiger partial charge in [0.15, 0.2) is 0 Å². The van der Waals surface area contributed by atoms with Gasteiger partial charge in [-0.2, -0.15) is 0 Å². The first-order chi connectivity index (χ1) is 8.91. The normalized spacial score (nSPS) is 21.0. The lowest BCUT2D eigenvalue weighted by molar-refractivity contribution is -0.144. The molecule has 1 saturated carbocycles. The summed E-state index contributed by atoms with van der Waals surface area (Å²) in [6.07, 6.45) is 0.348. The molecule has 102 valence electrons. The Hall–Kier alpha value is -1.98. The van der Waals surface area contributed by atoms with Crippen LogP contribution in [0.4, 0.5) is 8.78 Å². The molecule has 0 saturated heterocycles. The van der Waals surface area contributed by atoms with Gasteiger partial charge in [-0.15, -0.1) is 0 Å². The number of carboxylic acid groups (broad SMARTS) is 1. The summed E-state index contributed by atoms with van der Waals surface area (Å²) in [5.41, 5.74) is -0.0791. The first-order valence-electron chi connectivity index (χ1n) is 5.82. The van der Waals surface area contributed by atoms with Gasteiger partial charge >= 0.3 is 5.97 Å². The van der Waals surface area contributed by atoms with E-state index in [1.807, 2.05) is 0 Å². The average molecular weight is 269 g/mol. The summed E-state index contributed by atoms with van der Waals surface area (Å²) in [4.78, 5) is 23.4. The van der Waals surface area contributed by atoms with Crippen LogP contribution in [0.15, 0.2) is 18.2 Å². The molecule has 0 heterocycles. The second-order valence-electron chi connectivity index (χ2n) is 4.67. The van der Waals surface area contributed by atoms with Gasteiger partial charge in [0.1, 0.15) is 18.2 Å². The van der Waals surface area contributed by atoms with Crippen molar-refractivity contribution >= 4 is 11.9 Å². The molecule has 19 heavy (non-hydrogen) atoms. The van der Waals surface area contributed by atoms with Crippen LogP contribution in [-0.4, -0.2) is 35.5 Å². The highest BCUT2D eigenvalue weighted by Gasteiger charge is 2.47. The van der Waals surface area contributed by atoms with Gasteiger partial charge in [-0.05, 0) is 18.6 Å². The molecule has 1 aliphatic carbocycles. The summed E-state index contributed by atoms with van der Waals surface area (Å²) in [5.74, 6) is -3.87. The average Bonchev–Trinajstić information content (AvgIpc) is 3.07. The highest BCUT2D eigenvalue weighted by molar-refractivity contribution is 5.85. The van der Waals surface area contributed by atoms with Crippen LogP contribution in [0.3, 0.4) is 0 Å². The molecule has 1 fully saturated rings. The number of halogens is 2. The van der Waals surface area contributed by atoms with Crippen LogP contribution in [0.25, 0.3) is 0 Å². The number of hydrogen-bond acceptors (Lipinski definition) is 2. The summed E-state index contributed by atoms with van der Waals surface area (Å²) < 4.78 is 27.1. The van der Waals surface area contributed by atoms with E-state index in [0.29, 0.717) is 6.42 Å². The maximum Gasteiger partial charge on any atom is 0.323 e. The van der Waals surface area contributed by atoms with Crippen molar-refractivity contribution in [2.75, 3.05) is 13.6 Å². The molecular weight excluding hydrogens is 256 g/mol. The van der Waals surface area contributed by atoms with Gasteiger partial charge in [0.05, 0.1) is 0 Å². The minimum Gasteiger partial charge on any atom is -0.480 e. The molecule has 0 bridgehead atoms. The number of aliphatic carboxylic acids is 1. The van der Waals surface area contributed by atoms with E-state index in [1.165, 1.54) is 13.1 Å². The summed E-state index contributed by atoms with van der Waals surface area (Å²) in [5, 5.41) is 8.59. The molecule has 0 aliphatic heterocycles. The van der Waals surface area contributed by atoms with E-state index in [0.717, 1.165) is 17.0 Å². The van der Waals surface area contributed by atoms with Gasteiger partial charge in [-0.3, -0.25) is 9.59 Å². The van der Waals surface area contributed by atoms with Crippen LogP contribution in [0, 0.1) is 17.6 Å². The van der Waals surface area contributed by atoms with Crippen molar-refractivity contribution in [1.82, 2.24) is 4.90 Å². The Bertz CT molecular complexity index is 512. The van der Waals surface area contributed by atoms with Crippen molar-refractivity contribution in [3.63, 3.8) is 0 Å². The Kier molecular flexibility index (Phi) is 3.50. The minimum atomic E-state index is -1.12. The zero-order valence-electron chi connectivity index (χ0n) is 10.3. The molecule has 0 spiro atoms. The van der Waals surface area contributed by atoms with Gasteiger partial charge in [0.2, 0.25) is 5.91 Å². The molecule has 2 rings (SSSR count). The molecule has 4 nitrogen and oxygen atoms in total. The largest absolute Gasteiger partial charge is 0.480 e. The lowest BCUT2D eigenvalue weighted by atomic mass is 10.1. The fourth-order valence-corrected chi connectivity index (χ4v) is 2.22. The monoisotopic (exact) mass is 269 g/mol. The van der Waals surface area contributed by atoms with E-state index in [1.54, 1.807) is 0 Å². The SMILES string of the molecule is CN(CC(=O)O)C(=O)C1CC1c1c(F)cccc1F. The van der Waals surface area contributed by atoms with E-state index >= 15 is 0 Å². The second kappa shape index (κ2) is 4.95. The third-order valence-corrected chi connectivity index (χ3v) is 3.23. The highest BCUT2D eigenvalue weighted by atomic mass is 19.1. The molecule has 1 aromatic rings. The molecular formula is C13H13F2NO3. The van der Waals surface area contributed by atoms with Crippen molar-refractivity contribution in [1.29, 1.82) is 0 Å². The number of hydrogen-bond donors (Lipinski definition) is 1. The van der Waals surface area contributed by atoms with Crippen molar-refractivity contribution < 1.29 is 23.5 Å². The number of amides is 1. The number of likely N-dealkylation sites (N-methyl/N-ethyl adjacent to an activating group) is 1. The Morgan fingerprint density at radius 3 is 2.47 bits per heavy atom. The number of rotatable bonds is 4. The maximum absolute atomic E-state index is 13.5. The number of carbonyl (C=O) groups excluding carboxylic acids is 1. The van der Waals surface area contributed by atoms with Crippen LogP contribution in [0.2, 0.25) is 0 Å². The molecule has 2 unspecified atom stereocenters. The fraction of sp³-hybridized carbons (Fsp3) is 0.385. The first-order valence-corrected chi connectivity index (χ1v) is 5.82. The van der Waals surface area contributed by atoms with Gasteiger partial charge in [0.25, 0.3) is 0 Å². The minimum absolute atomic E-state index is 0.0791. The van der Waals surface area contributed by atoms with Crippen LogP contribution < -0.4 is 0 Å². The quantitative estimate of drug-likeness (QED) is 0.903. The number of nitrogens with zero attached hydrogens (tertiary/aromatic N) is 1. The van der Waals surface area contributed by atoms with Crippen molar-refractivity contribution in [2.24, 2.45) is 5.92 Å². The number of carbonyl (C=O) groups is 2. The molecule has 1 aliphatic rings. The zero-order valence-corrected chi connectivity index (χ0v) is 10.3. The smallest absolute Gasteiger partial charge is 0.323 e. The van der Waals surface area contributed by atoms with E-state index < -0.39 is 41.9 Å². The Balaban J connectivity index is 2.09. The highest BCUT2D eigenvalue weighted by Crippen LogP contribution is 2.49. The Morgan fingerprint density at radius 2 is 1.95 bits per heavy atom. The van der Waals surface area contributed by atoms with Crippen LogP contribution in [-0.2, 0) is 9.59 Å². The lowest BCUT2D eigenvalue weighted by Crippen LogP contribution is -2.33. The predicted octanol–water partition coefficient (Wildman–Crippen LogP) is 1.61. The van der Waals surface area contributed by atoms with E-state index in [9.17, 15) is 18.4 Å². The van der Waals surface area contributed by atoms with Gasteiger partial charge in [-0.25, -0.2) is 8.78 Å². The van der Waals surface area contributed by atoms with Crippen LogP contribution >= 0.6 is 0 Å². The molecule has 0 aromatic heterocycles. The topological polar surface area (TPSA) is 57.6 Å². The standard InChI is InChI=1S/C13H13F2NO3/c1-16(6-11(17)18)13(19)8-5-7(8)12-9(14)3-2-4-10(12)15/h2-4,7-8H,5-6H2,1H3,(H,17,18). The molecule has 6 heteroatoms. The molecule has 2 atom stereocenters. The Labute approximate surface area is 108 Å². The molecule has 1 amide bonds. The number of benzene rings is 1. The van der Waals surface area contributed by atoms with Gasteiger partial charge < -0.3 is 10.0 Å². The second-order valence-corrected chi connectivity index (χ2v) is 4.67. The molecule has 0 radical (unpaired) electrons. The summed E-state index contributed by atoms with van der Waals surface area (Å²) in [6.45, 7) is -0.415. The zero-order chi connectivity index (χ0) is 14.2. The summed E-state index contributed by atoms with van der Waals surface area (Å²) in [6, 6.07) is 3.57. The van der Waals surface area contributed by atoms with E-state index in [2.05, 4.69) is 0 Å². The maximum atomic E-state index is 13.5. The third-order valence-electron chi connectivity index (χ3n) is 3.23. The van der Waals surface area contributed by atoms with Crippen LogP contribution in [0.5, 0.6) is 0 Å². The lowest BCUT2D eigenvalue weighted by Gasteiger charge is -2.14. The van der Waals surface area contributed by atoms with E-state index in [-0.39, 0.29) is 5.56 Å². The molecule has 1 N–H and O–H groups in total. The molecule has 1 aromatic carbocycles.